The number of rotatable bonds is 9. The van der Waals surface area contributed by atoms with Crippen LogP contribution in [0.3, 0.4) is 0 Å². The number of fused-ring (bicyclic) bond motifs is 6. The van der Waals surface area contributed by atoms with E-state index in [-0.39, 0.29) is 0 Å². The molecule has 0 heterocycles. The zero-order valence-electron chi connectivity index (χ0n) is 39.1. The van der Waals surface area contributed by atoms with Gasteiger partial charge in [0, 0.05) is 17.1 Å². The second-order valence-corrected chi connectivity index (χ2v) is 18.4. The lowest BCUT2D eigenvalue weighted by atomic mass is 9.89. The summed E-state index contributed by atoms with van der Waals surface area (Å²) in [5.41, 5.74) is 17.7. The molecule has 13 aromatic rings. The van der Waals surface area contributed by atoms with E-state index in [0.29, 0.717) is 0 Å². The zero-order valence-corrected chi connectivity index (χ0v) is 39.1. The van der Waals surface area contributed by atoms with Gasteiger partial charge in [0.1, 0.15) is 0 Å². The second kappa shape index (κ2) is 18.0. The first-order valence-electron chi connectivity index (χ1n) is 24.5. The molecule has 71 heavy (non-hydrogen) atoms. The Morgan fingerprint density at radius 3 is 0.859 bits per heavy atom. The summed E-state index contributed by atoms with van der Waals surface area (Å²) in [6, 6.07) is 104. The van der Waals surface area contributed by atoms with Crippen LogP contribution in [0.15, 0.2) is 285 Å². The number of benzene rings is 13. The molecule has 0 aromatic heterocycles. The molecule has 0 aliphatic heterocycles. The highest BCUT2D eigenvalue weighted by atomic mass is 15.1. The van der Waals surface area contributed by atoms with Crippen molar-refractivity contribution in [2.45, 2.75) is 0 Å². The highest BCUT2D eigenvalue weighted by molar-refractivity contribution is 6.16. The van der Waals surface area contributed by atoms with Crippen LogP contribution in [0.4, 0.5) is 17.1 Å². The Balaban J connectivity index is 0.891. The van der Waals surface area contributed by atoms with Gasteiger partial charge in [-0.15, -0.1) is 0 Å². The monoisotopic (exact) mass is 901 g/mol. The molecule has 0 saturated heterocycles. The van der Waals surface area contributed by atoms with E-state index in [0.717, 1.165) is 17.1 Å². The van der Waals surface area contributed by atoms with E-state index in [2.05, 4.69) is 290 Å². The van der Waals surface area contributed by atoms with Gasteiger partial charge in [0.25, 0.3) is 0 Å². The lowest BCUT2D eigenvalue weighted by Crippen LogP contribution is -2.09. The molecule has 0 amide bonds. The van der Waals surface area contributed by atoms with Gasteiger partial charge in [-0.3, -0.25) is 0 Å². The Morgan fingerprint density at radius 2 is 0.451 bits per heavy atom. The molecular weight excluding hydrogens is 855 g/mol. The first-order chi connectivity index (χ1) is 35.2. The fourth-order valence-electron chi connectivity index (χ4n) is 10.8. The van der Waals surface area contributed by atoms with Gasteiger partial charge in [0.2, 0.25) is 0 Å². The van der Waals surface area contributed by atoms with E-state index in [1.165, 1.54) is 110 Å². The third-order valence-electron chi connectivity index (χ3n) is 14.3. The van der Waals surface area contributed by atoms with Gasteiger partial charge in [0.05, 0.1) is 0 Å². The Morgan fingerprint density at radius 1 is 0.169 bits per heavy atom. The largest absolute Gasteiger partial charge is 0.311 e. The second-order valence-electron chi connectivity index (χ2n) is 18.4. The Bertz CT molecular complexity index is 3850. The van der Waals surface area contributed by atoms with Crippen molar-refractivity contribution in [3.05, 3.63) is 285 Å². The zero-order chi connectivity index (χ0) is 47.1. The van der Waals surface area contributed by atoms with Crippen LogP contribution in [0, 0.1) is 0 Å². The molecule has 0 atom stereocenters. The number of hydrogen-bond acceptors (Lipinski definition) is 1. The topological polar surface area (TPSA) is 3.24 Å². The third-order valence-corrected chi connectivity index (χ3v) is 14.3. The normalized spacial score (nSPS) is 11.4. The minimum absolute atomic E-state index is 1.08. The van der Waals surface area contributed by atoms with Gasteiger partial charge in [-0.2, -0.15) is 0 Å². The maximum atomic E-state index is 2.38. The predicted octanol–water partition coefficient (Wildman–Crippen LogP) is 19.8. The fraction of sp³-hybridized carbons (Fsp3) is 0. The maximum absolute atomic E-state index is 2.38. The molecule has 0 spiro atoms. The van der Waals surface area contributed by atoms with Crippen LogP contribution in [-0.4, -0.2) is 0 Å². The van der Waals surface area contributed by atoms with Crippen molar-refractivity contribution < 1.29 is 0 Å². The highest BCUT2D eigenvalue weighted by Gasteiger charge is 2.18. The first-order valence-corrected chi connectivity index (χ1v) is 24.5. The molecule has 0 aliphatic rings. The first kappa shape index (κ1) is 41.9. The van der Waals surface area contributed by atoms with E-state index >= 15 is 0 Å². The average Bonchev–Trinajstić information content (AvgIpc) is 3.46. The van der Waals surface area contributed by atoms with E-state index in [4.69, 9.17) is 0 Å². The van der Waals surface area contributed by atoms with Crippen molar-refractivity contribution in [1.29, 1.82) is 0 Å². The molecule has 13 aromatic carbocycles. The highest BCUT2D eigenvalue weighted by Crippen LogP contribution is 2.44. The van der Waals surface area contributed by atoms with Crippen LogP contribution in [0.5, 0.6) is 0 Å². The Kier molecular flexibility index (Phi) is 10.6. The molecular formula is C70H47N. The molecule has 0 aliphatic carbocycles. The molecule has 0 saturated carbocycles. The number of nitrogens with zero attached hydrogens (tertiary/aromatic N) is 1. The Hall–Kier alpha value is -9.30. The van der Waals surface area contributed by atoms with Crippen molar-refractivity contribution in [2.24, 2.45) is 0 Å². The van der Waals surface area contributed by atoms with Crippen LogP contribution >= 0.6 is 0 Å². The predicted molar refractivity (Wildman–Crippen MR) is 304 cm³/mol. The SMILES string of the molecule is c1ccc(-c2ccc(-c3ccc(N(c4ccc(-c5ccccc5-c5cc6ccccc6c6ccccc56)cc4)c4ccc(-c5ccccc5-c5cc6ccccc6c6ccccc56)cc4)cc3)cc2)cc1. The molecule has 0 radical (unpaired) electrons. The minimum atomic E-state index is 1.08. The van der Waals surface area contributed by atoms with Crippen molar-refractivity contribution in [3.8, 4) is 66.8 Å². The van der Waals surface area contributed by atoms with Crippen LogP contribution in [0.25, 0.3) is 110 Å². The van der Waals surface area contributed by atoms with E-state index in [1.54, 1.807) is 0 Å². The quantitative estimate of drug-likeness (QED) is 0.131. The summed E-state index contributed by atoms with van der Waals surface area (Å²) in [4.78, 5) is 2.38. The average molecular weight is 902 g/mol. The molecule has 0 bridgehead atoms. The molecule has 1 heteroatoms. The third kappa shape index (κ3) is 7.71. The van der Waals surface area contributed by atoms with Gasteiger partial charge < -0.3 is 4.90 Å². The van der Waals surface area contributed by atoms with Crippen molar-refractivity contribution in [2.75, 3.05) is 4.90 Å². The molecule has 0 fully saturated rings. The summed E-state index contributed by atoms with van der Waals surface area (Å²) in [7, 11) is 0. The molecule has 0 N–H and O–H groups in total. The lowest BCUT2D eigenvalue weighted by Gasteiger charge is -2.26. The smallest absolute Gasteiger partial charge is 0.0462 e. The molecule has 332 valence electrons. The lowest BCUT2D eigenvalue weighted by molar-refractivity contribution is 1.28. The van der Waals surface area contributed by atoms with Gasteiger partial charge >= 0.3 is 0 Å². The molecule has 0 unspecified atom stereocenters. The van der Waals surface area contributed by atoms with E-state index < -0.39 is 0 Å². The summed E-state index contributed by atoms with van der Waals surface area (Å²) in [5, 5.41) is 10.1. The maximum Gasteiger partial charge on any atom is 0.0462 e. The van der Waals surface area contributed by atoms with Crippen molar-refractivity contribution in [3.63, 3.8) is 0 Å². The van der Waals surface area contributed by atoms with Gasteiger partial charge in [-0.05, 0) is 158 Å². The van der Waals surface area contributed by atoms with Crippen LogP contribution in [0.1, 0.15) is 0 Å². The van der Waals surface area contributed by atoms with Crippen LogP contribution < -0.4 is 4.90 Å². The molecule has 13 rings (SSSR count). The fourth-order valence-corrected chi connectivity index (χ4v) is 10.8. The van der Waals surface area contributed by atoms with Gasteiger partial charge in [-0.25, -0.2) is 0 Å². The summed E-state index contributed by atoms with van der Waals surface area (Å²) in [5.74, 6) is 0. The Labute approximate surface area is 414 Å². The van der Waals surface area contributed by atoms with E-state index in [9.17, 15) is 0 Å². The van der Waals surface area contributed by atoms with Gasteiger partial charge in [-0.1, -0.05) is 237 Å². The van der Waals surface area contributed by atoms with Gasteiger partial charge in [0.15, 0.2) is 0 Å². The van der Waals surface area contributed by atoms with E-state index in [1.807, 2.05) is 0 Å². The van der Waals surface area contributed by atoms with Crippen molar-refractivity contribution >= 4 is 60.2 Å². The number of hydrogen-bond donors (Lipinski definition) is 0. The summed E-state index contributed by atoms with van der Waals surface area (Å²) >= 11 is 0. The summed E-state index contributed by atoms with van der Waals surface area (Å²) in [6.07, 6.45) is 0. The van der Waals surface area contributed by atoms with Crippen molar-refractivity contribution in [1.82, 2.24) is 0 Å². The molecule has 1 nitrogen and oxygen atoms in total. The summed E-state index contributed by atoms with van der Waals surface area (Å²) in [6.45, 7) is 0. The van der Waals surface area contributed by atoms with Crippen LogP contribution in [-0.2, 0) is 0 Å². The summed E-state index contributed by atoms with van der Waals surface area (Å²) < 4.78 is 0. The number of anilines is 3. The van der Waals surface area contributed by atoms with Crippen LogP contribution in [0.2, 0.25) is 0 Å². The minimum Gasteiger partial charge on any atom is -0.311 e. The standard InChI is InChI=1S/C70H47N/c1-2-16-48(17-3-1)49-30-32-50(33-31-49)51-34-40-56(41-35-51)71(57-42-36-52(37-43-57)59-20-8-10-26-65(59)69-46-54-18-4-6-22-61(54)63-24-12-14-28-67(63)69)58-44-38-53(39-45-58)60-21-9-11-27-66(60)70-47-55-19-5-7-23-62(55)64-25-13-15-29-68(64)70/h1-47H.